The number of hydrogen-bond acceptors (Lipinski definition) is 0. The van der Waals surface area contributed by atoms with E-state index in [2.05, 4.69) is 19.1 Å². The molecule has 1 aliphatic carbocycles. The van der Waals surface area contributed by atoms with Crippen LogP contribution in [0.5, 0.6) is 0 Å². The van der Waals surface area contributed by atoms with Crippen LogP contribution in [0.3, 0.4) is 0 Å². The van der Waals surface area contributed by atoms with E-state index in [0.717, 1.165) is 5.92 Å². The lowest BCUT2D eigenvalue weighted by atomic mass is 9.98. The van der Waals surface area contributed by atoms with Crippen molar-refractivity contribution in [3.8, 4) is 0 Å². The molecule has 0 aliphatic heterocycles. The van der Waals surface area contributed by atoms with E-state index < -0.39 is 0 Å². The fraction of sp³-hybridized carbons (Fsp3) is 0.600. The summed E-state index contributed by atoms with van der Waals surface area (Å²) in [5.41, 5.74) is 0. The van der Waals surface area contributed by atoms with Crippen LogP contribution in [0.1, 0.15) is 13.3 Å². The van der Waals surface area contributed by atoms with Gasteiger partial charge in [0.2, 0.25) is 0 Å². The molecule has 27 valence electrons. The van der Waals surface area contributed by atoms with Gasteiger partial charge in [-0.25, -0.2) is 0 Å². The van der Waals surface area contributed by atoms with Crippen molar-refractivity contribution in [1.82, 2.24) is 0 Å². The highest BCUT2D eigenvalue weighted by atomic mass is 14.0. The molecule has 0 fully saturated rings. The number of hydrogen-bond donors (Lipinski definition) is 0. The maximum atomic E-state index is 3.04. The Morgan fingerprint density at radius 3 is 2.40 bits per heavy atom. The van der Waals surface area contributed by atoms with Gasteiger partial charge in [0, 0.05) is 0 Å². The summed E-state index contributed by atoms with van der Waals surface area (Å²) in [6, 6.07) is 0. The molecule has 0 nitrogen and oxygen atoms in total. The summed E-state index contributed by atoms with van der Waals surface area (Å²) in [4.78, 5) is 0. The van der Waals surface area contributed by atoms with Crippen LogP contribution >= 0.6 is 0 Å². The molecule has 1 radical (unpaired) electrons. The summed E-state index contributed by atoms with van der Waals surface area (Å²) in [7, 11) is 0. The molecule has 0 aromatic heterocycles. The molecule has 0 bridgehead atoms. The Bertz CT molecular complexity index is 53.1. The van der Waals surface area contributed by atoms with Crippen molar-refractivity contribution in [2.45, 2.75) is 13.3 Å². The molecule has 0 heteroatoms. The van der Waals surface area contributed by atoms with Crippen molar-refractivity contribution < 1.29 is 0 Å². The highest BCUT2D eigenvalue weighted by Gasteiger charge is 1.99. The van der Waals surface area contributed by atoms with E-state index in [1.807, 2.05) is 0 Å². The average molecular weight is 67.1 g/mol. The summed E-state index contributed by atoms with van der Waals surface area (Å²) in [5, 5.41) is 0. The third-order valence-electron chi connectivity index (χ3n) is 0.842. The molecule has 0 spiro atoms. The highest BCUT2D eigenvalue weighted by molar-refractivity contribution is 4.92. The van der Waals surface area contributed by atoms with Gasteiger partial charge in [0.25, 0.3) is 0 Å². The second kappa shape index (κ2) is 0.852. The Balaban J connectivity index is 2.39. The first-order chi connectivity index (χ1) is 2.39. The standard InChI is InChI=1S/C5H7/c1-5-3-2-4-5/h3,5H,4H2,1H3/t5-/m1/s1. The number of rotatable bonds is 0. The van der Waals surface area contributed by atoms with Crippen LogP contribution in [0, 0.1) is 12.0 Å². The maximum absolute atomic E-state index is 3.04. The molecule has 1 rings (SSSR count). The molecule has 0 saturated heterocycles. The van der Waals surface area contributed by atoms with Gasteiger partial charge in [-0.2, -0.15) is 0 Å². The quantitative estimate of drug-likeness (QED) is 0.401. The Hall–Kier alpha value is -0.260. The lowest BCUT2D eigenvalue weighted by molar-refractivity contribution is 0.662. The van der Waals surface area contributed by atoms with E-state index >= 15 is 0 Å². The molecular weight excluding hydrogens is 60.1 g/mol. The van der Waals surface area contributed by atoms with Crippen LogP contribution in [0.4, 0.5) is 0 Å². The predicted octanol–water partition coefficient (Wildman–Crippen LogP) is 1.39. The van der Waals surface area contributed by atoms with Gasteiger partial charge in [0.1, 0.15) is 0 Å². The Labute approximate surface area is 32.5 Å². The fourth-order valence-electron chi connectivity index (χ4n) is 0.354. The molecule has 0 unspecified atom stereocenters. The lowest BCUT2D eigenvalue weighted by Gasteiger charge is -2.07. The summed E-state index contributed by atoms with van der Waals surface area (Å²) in [5.74, 6) is 0.829. The second-order valence-electron chi connectivity index (χ2n) is 1.55. The van der Waals surface area contributed by atoms with Crippen molar-refractivity contribution in [3.05, 3.63) is 12.2 Å². The van der Waals surface area contributed by atoms with Gasteiger partial charge in [0.05, 0.1) is 0 Å². The Morgan fingerprint density at radius 2 is 2.40 bits per heavy atom. The molecular formula is C5H7. The van der Waals surface area contributed by atoms with Crippen molar-refractivity contribution in [1.29, 1.82) is 0 Å². The van der Waals surface area contributed by atoms with Crippen LogP contribution in [-0.2, 0) is 0 Å². The summed E-state index contributed by atoms with van der Waals surface area (Å²) in [6.45, 7) is 2.19. The maximum Gasteiger partial charge on any atom is -0.0216 e. The van der Waals surface area contributed by atoms with E-state index in [1.54, 1.807) is 0 Å². The zero-order valence-electron chi connectivity index (χ0n) is 3.36. The molecule has 0 amide bonds. The minimum Gasteiger partial charge on any atom is -0.0779 e. The molecule has 0 aromatic carbocycles. The topological polar surface area (TPSA) is 0 Å². The first kappa shape index (κ1) is 2.95. The SMILES string of the molecule is C[C@@H]1C=[C]C1. The van der Waals surface area contributed by atoms with Gasteiger partial charge in [-0.1, -0.05) is 13.0 Å². The molecule has 1 aliphatic rings. The molecule has 1 atom stereocenters. The van der Waals surface area contributed by atoms with Crippen LogP contribution < -0.4 is 0 Å². The van der Waals surface area contributed by atoms with Crippen molar-refractivity contribution in [2.24, 2.45) is 5.92 Å². The van der Waals surface area contributed by atoms with Crippen LogP contribution in [-0.4, -0.2) is 0 Å². The largest absolute Gasteiger partial charge is 0.0779 e. The molecule has 0 saturated carbocycles. The monoisotopic (exact) mass is 67.1 g/mol. The van der Waals surface area contributed by atoms with E-state index in [4.69, 9.17) is 0 Å². The summed E-state index contributed by atoms with van der Waals surface area (Å²) < 4.78 is 0. The van der Waals surface area contributed by atoms with Crippen LogP contribution in [0.15, 0.2) is 6.08 Å². The van der Waals surface area contributed by atoms with Gasteiger partial charge in [-0.05, 0) is 18.4 Å². The van der Waals surface area contributed by atoms with Crippen LogP contribution in [0.25, 0.3) is 0 Å². The summed E-state index contributed by atoms with van der Waals surface area (Å²) in [6.07, 6.45) is 6.31. The van der Waals surface area contributed by atoms with Crippen molar-refractivity contribution in [3.63, 3.8) is 0 Å². The summed E-state index contributed by atoms with van der Waals surface area (Å²) >= 11 is 0. The zero-order valence-corrected chi connectivity index (χ0v) is 3.36. The third kappa shape index (κ3) is 0.344. The first-order valence-corrected chi connectivity index (χ1v) is 1.96. The van der Waals surface area contributed by atoms with E-state index in [-0.39, 0.29) is 0 Å². The van der Waals surface area contributed by atoms with Gasteiger partial charge >= 0.3 is 0 Å². The van der Waals surface area contributed by atoms with Gasteiger partial charge < -0.3 is 0 Å². The van der Waals surface area contributed by atoms with Gasteiger partial charge in [0.15, 0.2) is 0 Å². The second-order valence-corrected chi connectivity index (χ2v) is 1.55. The van der Waals surface area contributed by atoms with E-state index in [9.17, 15) is 0 Å². The first-order valence-electron chi connectivity index (χ1n) is 1.96. The fourth-order valence-corrected chi connectivity index (χ4v) is 0.354. The lowest BCUT2D eigenvalue weighted by Crippen LogP contribution is -1.94. The molecule has 0 aromatic rings. The Kier molecular flexibility index (Phi) is 0.503. The minimum atomic E-state index is 0.829. The Morgan fingerprint density at radius 1 is 2.00 bits per heavy atom. The van der Waals surface area contributed by atoms with Gasteiger partial charge in [-0.3, -0.25) is 0 Å². The smallest absolute Gasteiger partial charge is 0.0216 e. The highest BCUT2D eigenvalue weighted by Crippen LogP contribution is 2.12. The molecule has 0 heterocycles. The number of allylic oxidation sites excluding steroid dienone is 2. The molecule has 5 heavy (non-hydrogen) atoms. The minimum absolute atomic E-state index is 0.829. The van der Waals surface area contributed by atoms with Crippen LogP contribution in [0.2, 0.25) is 0 Å². The van der Waals surface area contributed by atoms with E-state index in [0.29, 0.717) is 0 Å². The third-order valence-corrected chi connectivity index (χ3v) is 0.842. The average Bonchev–Trinajstić information content (AvgIpc) is 1.30. The van der Waals surface area contributed by atoms with Gasteiger partial charge in [-0.15, -0.1) is 0 Å². The predicted molar refractivity (Wildman–Crippen MR) is 21.6 cm³/mol. The normalized spacial score (nSPS) is 33.4. The zero-order chi connectivity index (χ0) is 3.70. The van der Waals surface area contributed by atoms with Crippen molar-refractivity contribution >= 4 is 0 Å². The van der Waals surface area contributed by atoms with Crippen molar-refractivity contribution in [2.75, 3.05) is 0 Å². The molecule has 0 N–H and O–H groups in total. The van der Waals surface area contributed by atoms with E-state index in [1.165, 1.54) is 6.42 Å².